The second kappa shape index (κ2) is 4.31. The summed E-state index contributed by atoms with van der Waals surface area (Å²) < 4.78 is 42.3. The van der Waals surface area contributed by atoms with Crippen LogP contribution in [0.25, 0.3) is 0 Å². The molecule has 6 heteroatoms. The lowest BCUT2D eigenvalue weighted by Crippen LogP contribution is -2.34. The number of carbonyl (C=O) groups is 2. The summed E-state index contributed by atoms with van der Waals surface area (Å²) in [6.07, 6.45) is -6.94. The maximum atomic E-state index is 12.6. The minimum atomic E-state index is -4.50. The molecule has 0 saturated carbocycles. The molecule has 0 unspecified atom stereocenters. The van der Waals surface area contributed by atoms with Crippen LogP contribution in [0.5, 0.6) is 0 Å². The Hall–Kier alpha value is -1.07. The first-order chi connectivity index (χ1) is 7.51. The second-order valence-electron chi connectivity index (χ2n) is 5.26. The molecule has 0 radical (unpaired) electrons. The molecule has 1 aliphatic rings. The van der Waals surface area contributed by atoms with E-state index in [-0.39, 0.29) is 12.2 Å². The van der Waals surface area contributed by atoms with Crippen molar-refractivity contribution in [3.8, 4) is 0 Å². The molecule has 0 aliphatic carbocycles. The standard InChI is InChI=1S/C11H15F3O3/c1-10(2,3)8(15)5-7-6(11(12,13)14)4-9(16)17-7/h6-7H,4-5H2,1-3H3/t6-,7+/m0/s1. The molecule has 0 aromatic heterocycles. The van der Waals surface area contributed by atoms with Gasteiger partial charge in [-0.1, -0.05) is 20.8 Å². The number of cyclic esters (lactones) is 1. The third-order valence-electron chi connectivity index (χ3n) is 2.76. The van der Waals surface area contributed by atoms with Crippen molar-refractivity contribution in [3.05, 3.63) is 0 Å². The number of rotatable bonds is 2. The van der Waals surface area contributed by atoms with Crippen LogP contribution >= 0.6 is 0 Å². The molecule has 98 valence electrons. The fourth-order valence-corrected chi connectivity index (χ4v) is 1.61. The number of carbonyl (C=O) groups excluding carboxylic acids is 2. The first kappa shape index (κ1) is 14.0. The van der Waals surface area contributed by atoms with Crippen molar-refractivity contribution in [2.24, 2.45) is 11.3 Å². The average molecular weight is 252 g/mol. The minimum Gasteiger partial charge on any atom is -0.461 e. The van der Waals surface area contributed by atoms with Crippen molar-refractivity contribution in [1.82, 2.24) is 0 Å². The van der Waals surface area contributed by atoms with Gasteiger partial charge in [-0.3, -0.25) is 9.59 Å². The molecule has 1 aliphatic heterocycles. The Morgan fingerprint density at radius 2 is 1.88 bits per heavy atom. The second-order valence-corrected chi connectivity index (χ2v) is 5.26. The smallest absolute Gasteiger partial charge is 0.395 e. The Bertz CT molecular complexity index is 328. The van der Waals surface area contributed by atoms with E-state index in [1.54, 1.807) is 20.8 Å². The van der Waals surface area contributed by atoms with E-state index in [1.165, 1.54) is 0 Å². The van der Waals surface area contributed by atoms with Crippen LogP contribution in [0.3, 0.4) is 0 Å². The van der Waals surface area contributed by atoms with Gasteiger partial charge in [0.1, 0.15) is 17.8 Å². The molecule has 3 nitrogen and oxygen atoms in total. The summed E-state index contributed by atoms with van der Waals surface area (Å²) in [5.74, 6) is -3.09. The molecule has 0 aromatic carbocycles. The monoisotopic (exact) mass is 252 g/mol. The van der Waals surface area contributed by atoms with Crippen LogP contribution in [0.15, 0.2) is 0 Å². The van der Waals surface area contributed by atoms with E-state index in [0.29, 0.717) is 0 Å². The lowest BCUT2D eigenvalue weighted by molar-refractivity contribution is -0.187. The molecule has 1 heterocycles. The number of esters is 1. The summed E-state index contributed by atoms with van der Waals surface area (Å²) in [5, 5.41) is 0. The number of Topliss-reactive ketones (excluding diaryl/α,β-unsaturated/α-hetero) is 1. The highest BCUT2D eigenvalue weighted by Gasteiger charge is 2.52. The van der Waals surface area contributed by atoms with Crippen molar-refractivity contribution < 1.29 is 27.5 Å². The molecule has 1 rings (SSSR count). The number of ether oxygens (including phenoxy) is 1. The van der Waals surface area contributed by atoms with Crippen molar-refractivity contribution in [3.63, 3.8) is 0 Å². The lowest BCUT2D eigenvalue weighted by atomic mass is 9.85. The SMILES string of the molecule is CC(C)(C)C(=O)C[C@H]1OC(=O)C[C@@H]1C(F)(F)F. The fourth-order valence-electron chi connectivity index (χ4n) is 1.61. The van der Waals surface area contributed by atoms with Crippen molar-refractivity contribution in [2.45, 2.75) is 45.9 Å². The fraction of sp³-hybridized carbons (Fsp3) is 0.818. The zero-order valence-electron chi connectivity index (χ0n) is 9.93. The van der Waals surface area contributed by atoms with Gasteiger partial charge in [0.05, 0.1) is 6.42 Å². The van der Waals surface area contributed by atoms with E-state index in [1.807, 2.05) is 0 Å². The summed E-state index contributed by atoms with van der Waals surface area (Å²) in [4.78, 5) is 22.5. The molecule has 0 N–H and O–H groups in total. The van der Waals surface area contributed by atoms with E-state index < -0.39 is 36.0 Å². The Morgan fingerprint density at radius 1 is 1.35 bits per heavy atom. The van der Waals surface area contributed by atoms with Gasteiger partial charge in [-0.05, 0) is 0 Å². The van der Waals surface area contributed by atoms with E-state index in [4.69, 9.17) is 0 Å². The lowest BCUT2D eigenvalue weighted by Gasteiger charge is -2.23. The maximum Gasteiger partial charge on any atom is 0.395 e. The molecule has 0 spiro atoms. The van der Waals surface area contributed by atoms with E-state index in [9.17, 15) is 22.8 Å². The Labute approximate surface area is 97.3 Å². The van der Waals surface area contributed by atoms with Gasteiger partial charge >= 0.3 is 12.1 Å². The summed E-state index contributed by atoms with van der Waals surface area (Å²) in [6.45, 7) is 4.86. The number of hydrogen-bond donors (Lipinski definition) is 0. The van der Waals surface area contributed by atoms with Gasteiger partial charge < -0.3 is 4.74 Å². The van der Waals surface area contributed by atoms with Crippen LogP contribution in [-0.2, 0) is 14.3 Å². The van der Waals surface area contributed by atoms with E-state index in [2.05, 4.69) is 4.74 Å². The summed E-state index contributed by atoms with van der Waals surface area (Å²) in [6, 6.07) is 0. The van der Waals surface area contributed by atoms with Gasteiger partial charge in [0.15, 0.2) is 0 Å². The highest BCUT2D eigenvalue weighted by Crippen LogP contribution is 2.39. The largest absolute Gasteiger partial charge is 0.461 e. The minimum absolute atomic E-state index is 0.341. The van der Waals surface area contributed by atoms with Crippen LogP contribution in [0, 0.1) is 11.3 Å². The van der Waals surface area contributed by atoms with Gasteiger partial charge in [-0.15, -0.1) is 0 Å². The summed E-state index contributed by atoms with van der Waals surface area (Å²) >= 11 is 0. The average Bonchev–Trinajstić information content (AvgIpc) is 2.44. The van der Waals surface area contributed by atoms with Crippen LogP contribution in [-0.4, -0.2) is 24.0 Å². The van der Waals surface area contributed by atoms with Crippen LogP contribution in [0.4, 0.5) is 13.2 Å². The highest BCUT2D eigenvalue weighted by molar-refractivity contribution is 5.85. The van der Waals surface area contributed by atoms with Crippen molar-refractivity contribution >= 4 is 11.8 Å². The Morgan fingerprint density at radius 3 is 2.29 bits per heavy atom. The molecule has 0 aromatic rings. The van der Waals surface area contributed by atoms with Crippen molar-refractivity contribution in [2.75, 3.05) is 0 Å². The quantitative estimate of drug-likeness (QED) is 0.709. The first-order valence-corrected chi connectivity index (χ1v) is 5.31. The zero-order chi connectivity index (χ0) is 13.4. The normalized spacial score (nSPS) is 25.9. The highest BCUT2D eigenvalue weighted by atomic mass is 19.4. The molecule has 1 fully saturated rings. The molecule has 0 bridgehead atoms. The molecule has 0 amide bonds. The van der Waals surface area contributed by atoms with Crippen LogP contribution in [0.2, 0.25) is 0 Å². The number of ketones is 1. The van der Waals surface area contributed by atoms with Gasteiger partial charge in [0, 0.05) is 11.8 Å². The van der Waals surface area contributed by atoms with Gasteiger partial charge in [-0.2, -0.15) is 13.2 Å². The topological polar surface area (TPSA) is 43.4 Å². The zero-order valence-corrected chi connectivity index (χ0v) is 9.93. The van der Waals surface area contributed by atoms with E-state index in [0.717, 1.165) is 0 Å². The predicted octanol–water partition coefficient (Wildman–Crippen LogP) is 2.49. The van der Waals surface area contributed by atoms with Gasteiger partial charge in [0.25, 0.3) is 0 Å². The number of hydrogen-bond acceptors (Lipinski definition) is 3. The summed E-state index contributed by atoms with van der Waals surface area (Å²) in [7, 11) is 0. The molecule has 2 atom stereocenters. The predicted molar refractivity (Wildman–Crippen MR) is 53.1 cm³/mol. The molecule has 1 saturated heterocycles. The van der Waals surface area contributed by atoms with Crippen LogP contribution in [0.1, 0.15) is 33.6 Å². The Balaban J connectivity index is 2.76. The molecule has 17 heavy (non-hydrogen) atoms. The summed E-state index contributed by atoms with van der Waals surface area (Å²) in [5.41, 5.74) is -0.731. The molecular formula is C11H15F3O3. The third-order valence-corrected chi connectivity index (χ3v) is 2.76. The van der Waals surface area contributed by atoms with Crippen molar-refractivity contribution in [1.29, 1.82) is 0 Å². The van der Waals surface area contributed by atoms with Gasteiger partial charge in [0.2, 0.25) is 0 Å². The number of alkyl halides is 3. The van der Waals surface area contributed by atoms with Crippen LogP contribution < -0.4 is 0 Å². The number of halogens is 3. The Kier molecular flexibility index (Phi) is 3.55. The van der Waals surface area contributed by atoms with E-state index >= 15 is 0 Å². The maximum absolute atomic E-state index is 12.6. The molecular weight excluding hydrogens is 237 g/mol. The third kappa shape index (κ3) is 3.44. The van der Waals surface area contributed by atoms with Gasteiger partial charge in [-0.25, -0.2) is 0 Å². The first-order valence-electron chi connectivity index (χ1n) is 5.31.